The average molecular weight is 325 g/mol. The molecule has 1 aliphatic heterocycles. The number of likely N-dealkylation sites (N-methyl/N-ethyl adjacent to an activating group) is 1. The Labute approximate surface area is 142 Å². The molecule has 1 aromatic heterocycles. The van der Waals surface area contributed by atoms with Gasteiger partial charge in [-0.25, -0.2) is 0 Å². The summed E-state index contributed by atoms with van der Waals surface area (Å²) in [4.78, 5) is 18.9. The van der Waals surface area contributed by atoms with E-state index in [1.54, 1.807) is 11.0 Å². The molecule has 1 aromatic carbocycles. The van der Waals surface area contributed by atoms with E-state index < -0.39 is 0 Å². The summed E-state index contributed by atoms with van der Waals surface area (Å²) >= 11 is 0. The Hall–Kier alpha value is -2.47. The molecule has 126 valence electrons. The number of nitrogens with zero attached hydrogens (tertiary/aromatic N) is 5. The zero-order valence-corrected chi connectivity index (χ0v) is 14.2. The van der Waals surface area contributed by atoms with E-state index in [2.05, 4.69) is 27.0 Å². The Bertz CT molecular complexity index is 666. The number of carbonyl (C=O) groups is 1. The maximum Gasteiger partial charge on any atom is 0.278 e. The van der Waals surface area contributed by atoms with Gasteiger partial charge in [-0.2, -0.15) is 0 Å². The molecular formula is C18H23N5O. The summed E-state index contributed by atoms with van der Waals surface area (Å²) in [5.41, 5.74) is 1.24. The third-order valence-electron chi connectivity index (χ3n) is 4.33. The van der Waals surface area contributed by atoms with Crippen molar-refractivity contribution in [3.63, 3.8) is 0 Å². The molecule has 2 heterocycles. The highest BCUT2D eigenvalue weighted by atomic mass is 16.2. The summed E-state index contributed by atoms with van der Waals surface area (Å²) in [6, 6.07) is 13.3. The molecule has 2 aromatic rings. The first-order valence-electron chi connectivity index (χ1n) is 8.33. The van der Waals surface area contributed by atoms with E-state index >= 15 is 0 Å². The largest absolute Gasteiger partial charge is 0.353 e. The molecule has 0 aliphatic carbocycles. The molecule has 1 saturated heterocycles. The fraction of sp³-hybridized carbons (Fsp3) is 0.389. The summed E-state index contributed by atoms with van der Waals surface area (Å²) < 4.78 is 0. The summed E-state index contributed by atoms with van der Waals surface area (Å²) in [7, 11) is 2.12. The minimum atomic E-state index is -0.124. The molecule has 1 amide bonds. The monoisotopic (exact) mass is 325 g/mol. The van der Waals surface area contributed by atoms with Gasteiger partial charge in [0.1, 0.15) is 0 Å². The van der Waals surface area contributed by atoms with Crippen molar-refractivity contribution < 1.29 is 4.79 Å². The van der Waals surface area contributed by atoms with Gasteiger partial charge in [-0.05, 0) is 38.2 Å². The van der Waals surface area contributed by atoms with Crippen LogP contribution in [0.15, 0.2) is 42.5 Å². The van der Waals surface area contributed by atoms with Gasteiger partial charge in [0, 0.05) is 38.4 Å². The maximum absolute atomic E-state index is 12.7. The van der Waals surface area contributed by atoms with E-state index in [1.165, 1.54) is 0 Å². The summed E-state index contributed by atoms with van der Waals surface area (Å²) in [5, 5.41) is 8.44. The van der Waals surface area contributed by atoms with E-state index in [-0.39, 0.29) is 5.91 Å². The molecule has 3 rings (SSSR count). The van der Waals surface area contributed by atoms with Gasteiger partial charge in [0.2, 0.25) is 0 Å². The smallest absolute Gasteiger partial charge is 0.278 e. The van der Waals surface area contributed by atoms with Crippen LogP contribution in [0.1, 0.15) is 17.4 Å². The predicted octanol–water partition coefficient (Wildman–Crippen LogP) is 1.90. The highest BCUT2D eigenvalue weighted by Crippen LogP contribution is 2.17. The van der Waals surface area contributed by atoms with Crippen LogP contribution in [0.5, 0.6) is 0 Å². The quantitative estimate of drug-likeness (QED) is 0.859. The summed E-state index contributed by atoms with van der Waals surface area (Å²) in [5.74, 6) is 0.712. The summed E-state index contributed by atoms with van der Waals surface area (Å²) in [6.45, 7) is 6.44. The van der Waals surface area contributed by atoms with Crippen LogP contribution in [0.3, 0.4) is 0 Å². The van der Waals surface area contributed by atoms with Crippen molar-refractivity contribution in [3.8, 4) is 0 Å². The van der Waals surface area contributed by atoms with E-state index in [1.807, 2.05) is 43.3 Å². The lowest BCUT2D eigenvalue weighted by molar-refractivity contribution is 0.0982. The van der Waals surface area contributed by atoms with Crippen molar-refractivity contribution in [2.45, 2.75) is 6.92 Å². The van der Waals surface area contributed by atoms with Crippen LogP contribution in [0.2, 0.25) is 0 Å². The van der Waals surface area contributed by atoms with Crippen LogP contribution in [0.25, 0.3) is 0 Å². The third-order valence-corrected chi connectivity index (χ3v) is 4.33. The van der Waals surface area contributed by atoms with Crippen molar-refractivity contribution in [2.75, 3.05) is 49.6 Å². The molecular weight excluding hydrogens is 302 g/mol. The number of para-hydroxylation sites is 1. The third kappa shape index (κ3) is 3.54. The number of piperazine rings is 1. The van der Waals surface area contributed by atoms with Crippen LogP contribution >= 0.6 is 0 Å². The Morgan fingerprint density at radius 2 is 1.75 bits per heavy atom. The van der Waals surface area contributed by atoms with Gasteiger partial charge < -0.3 is 14.7 Å². The van der Waals surface area contributed by atoms with Gasteiger partial charge in [-0.15, -0.1) is 10.2 Å². The fourth-order valence-corrected chi connectivity index (χ4v) is 2.83. The van der Waals surface area contributed by atoms with Crippen LogP contribution in [-0.2, 0) is 0 Å². The van der Waals surface area contributed by atoms with E-state index in [0.29, 0.717) is 12.2 Å². The van der Waals surface area contributed by atoms with Gasteiger partial charge >= 0.3 is 0 Å². The Balaban J connectivity index is 1.73. The summed E-state index contributed by atoms with van der Waals surface area (Å²) in [6.07, 6.45) is 0. The van der Waals surface area contributed by atoms with Gasteiger partial charge in [0.25, 0.3) is 5.91 Å². The highest BCUT2D eigenvalue weighted by Gasteiger charge is 2.20. The van der Waals surface area contributed by atoms with E-state index in [0.717, 1.165) is 37.7 Å². The molecule has 0 unspecified atom stereocenters. The average Bonchev–Trinajstić information content (AvgIpc) is 2.64. The predicted molar refractivity (Wildman–Crippen MR) is 95.5 cm³/mol. The minimum absolute atomic E-state index is 0.124. The normalized spacial score (nSPS) is 15.3. The Morgan fingerprint density at radius 1 is 1.04 bits per heavy atom. The Morgan fingerprint density at radius 3 is 2.33 bits per heavy atom. The number of carbonyl (C=O) groups excluding carboxylic acids is 1. The van der Waals surface area contributed by atoms with Crippen molar-refractivity contribution in [3.05, 3.63) is 48.2 Å². The lowest BCUT2D eigenvalue weighted by Gasteiger charge is -2.32. The number of anilines is 2. The second kappa shape index (κ2) is 7.40. The van der Waals surface area contributed by atoms with Gasteiger partial charge in [0.15, 0.2) is 11.5 Å². The first-order chi connectivity index (χ1) is 11.7. The molecule has 0 N–H and O–H groups in total. The van der Waals surface area contributed by atoms with Crippen molar-refractivity contribution in [1.29, 1.82) is 0 Å². The van der Waals surface area contributed by atoms with Crippen molar-refractivity contribution in [2.24, 2.45) is 0 Å². The second-order valence-electron chi connectivity index (χ2n) is 5.95. The zero-order chi connectivity index (χ0) is 16.9. The van der Waals surface area contributed by atoms with Crippen LogP contribution in [-0.4, -0.2) is 60.8 Å². The molecule has 6 heteroatoms. The molecule has 1 fully saturated rings. The number of rotatable bonds is 4. The number of hydrogen-bond acceptors (Lipinski definition) is 5. The molecule has 1 aliphatic rings. The van der Waals surface area contributed by atoms with E-state index in [9.17, 15) is 4.79 Å². The number of hydrogen-bond donors (Lipinski definition) is 0. The maximum atomic E-state index is 12.7. The molecule has 0 radical (unpaired) electrons. The highest BCUT2D eigenvalue weighted by molar-refractivity contribution is 6.04. The zero-order valence-electron chi connectivity index (χ0n) is 14.2. The van der Waals surface area contributed by atoms with Crippen molar-refractivity contribution in [1.82, 2.24) is 15.1 Å². The Kier molecular flexibility index (Phi) is 5.05. The molecule has 0 saturated carbocycles. The lowest BCUT2D eigenvalue weighted by atomic mass is 10.2. The lowest BCUT2D eigenvalue weighted by Crippen LogP contribution is -2.45. The van der Waals surface area contributed by atoms with Gasteiger partial charge in [-0.3, -0.25) is 4.79 Å². The topological polar surface area (TPSA) is 52.6 Å². The van der Waals surface area contributed by atoms with E-state index in [4.69, 9.17) is 0 Å². The first-order valence-corrected chi connectivity index (χ1v) is 8.33. The van der Waals surface area contributed by atoms with Gasteiger partial charge in [0.05, 0.1) is 0 Å². The molecule has 0 bridgehead atoms. The fourth-order valence-electron chi connectivity index (χ4n) is 2.83. The number of aromatic nitrogens is 2. The molecule has 0 spiro atoms. The standard InChI is InChI=1S/C18H23N5O/c1-3-23(15-7-5-4-6-8-15)18(24)16-9-10-17(20-19-16)22-13-11-21(2)12-14-22/h4-10H,3,11-14H2,1-2H3. The SMILES string of the molecule is CCN(C(=O)c1ccc(N2CCN(C)CC2)nn1)c1ccccc1. The minimum Gasteiger partial charge on any atom is -0.353 e. The van der Waals surface area contributed by atoms with Crippen LogP contribution < -0.4 is 9.80 Å². The molecule has 6 nitrogen and oxygen atoms in total. The van der Waals surface area contributed by atoms with Crippen LogP contribution in [0, 0.1) is 0 Å². The second-order valence-corrected chi connectivity index (χ2v) is 5.95. The molecule has 0 atom stereocenters. The number of benzene rings is 1. The van der Waals surface area contributed by atoms with Crippen molar-refractivity contribution >= 4 is 17.4 Å². The first kappa shape index (κ1) is 16.4. The molecule has 24 heavy (non-hydrogen) atoms. The number of amides is 1. The van der Waals surface area contributed by atoms with Crippen LogP contribution in [0.4, 0.5) is 11.5 Å². The van der Waals surface area contributed by atoms with Gasteiger partial charge in [-0.1, -0.05) is 18.2 Å².